The largest absolute Gasteiger partial charge is 0.205 e. The molecule has 2 rings (SSSR count). The van der Waals surface area contributed by atoms with Crippen LogP contribution in [0.2, 0.25) is 5.02 Å². The van der Waals surface area contributed by atoms with E-state index in [2.05, 4.69) is 0 Å². The molecule has 0 amide bonds. The lowest BCUT2D eigenvalue weighted by atomic mass is 10.1. The molecular formula is C12H7ClF2. The van der Waals surface area contributed by atoms with Crippen LogP contribution in [0.1, 0.15) is 0 Å². The Kier molecular flexibility index (Phi) is 2.69. The van der Waals surface area contributed by atoms with Crippen molar-refractivity contribution in [1.29, 1.82) is 0 Å². The van der Waals surface area contributed by atoms with Gasteiger partial charge in [-0.2, -0.15) is 0 Å². The van der Waals surface area contributed by atoms with Crippen LogP contribution in [-0.4, -0.2) is 0 Å². The van der Waals surface area contributed by atoms with Gasteiger partial charge in [0.1, 0.15) is 16.7 Å². The number of benzene rings is 2. The van der Waals surface area contributed by atoms with E-state index in [1.807, 2.05) is 6.07 Å². The van der Waals surface area contributed by atoms with Crippen molar-refractivity contribution in [3.8, 4) is 11.1 Å². The summed E-state index contributed by atoms with van der Waals surface area (Å²) >= 11 is 5.39. The van der Waals surface area contributed by atoms with E-state index < -0.39 is 16.7 Å². The van der Waals surface area contributed by atoms with Crippen molar-refractivity contribution >= 4 is 11.6 Å². The highest BCUT2D eigenvalue weighted by atomic mass is 35.5. The van der Waals surface area contributed by atoms with E-state index in [4.69, 9.17) is 11.6 Å². The molecule has 0 aliphatic carbocycles. The van der Waals surface area contributed by atoms with Crippen molar-refractivity contribution in [2.24, 2.45) is 0 Å². The molecule has 3 heteroatoms. The van der Waals surface area contributed by atoms with E-state index in [9.17, 15) is 8.78 Å². The van der Waals surface area contributed by atoms with Crippen molar-refractivity contribution in [2.75, 3.05) is 0 Å². The van der Waals surface area contributed by atoms with E-state index in [0.29, 0.717) is 5.56 Å². The molecule has 0 atom stereocenters. The highest BCUT2D eigenvalue weighted by molar-refractivity contribution is 6.31. The normalized spacial score (nSPS) is 10.3. The molecule has 0 heterocycles. The quantitative estimate of drug-likeness (QED) is 0.634. The first-order valence-corrected chi connectivity index (χ1v) is 4.76. The van der Waals surface area contributed by atoms with Gasteiger partial charge in [-0.25, -0.2) is 8.78 Å². The average molecular weight is 225 g/mol. The van der Waals surface area contributed by atoms with Gasteiger partial charge in [0.05, 0.1) is 0 Å². The van der Waals surface area contributed by atoms with Gasteiger partial charge in [0.25, 0.3) is 0 Å². The van der Waals surface area contributed by atoms with Crippen molar-refractivity contribution in [1.82, 2.24) is 0 Å². The summed E-state index contributed by atoms with van der Waals surface area (Å²) in [6, 6.07) is 11.5. The van der Waals surface area contributed by atoms with Gasteiger partial charge in [0, 0.05) is 0 Å². The minimum Gasteiger partial charge on any atom is -0.205 e. The van der Waals surface area contributed by atoms with Crippen molar-refractivity contribution in [3.63, 3.8) is 0 Å². The van der Waals surface area contributed by atoms with E-state index in [1.54, 1.807) is 24.3 Å². The van der Waals surface area contributed by atoms with Gasteiger partial charge < -0.3 is 0 Å². The molecule has 0 radical (unpaired) electrons. The molecule has 0 aliphatic rings. The van der Waals surface area contributed by atoms with Gasteiger partial charge >= 0.3 is 0 Å². The van der Waals surface area contributed by atoms with E-state index in [-0.39, 0.29) is 0 Å². The van der Waals surface area contributed by atoms with E-state index in [1.165, 1.54) is 12.1 Å². The summed E-state index contributed by atoms with van der Waals surface area (Å²) in [6.07, 6.45) is 0. The van der Waals surface area contributed by atoms with Crippen LogP contribution in [0.5, 0.6) is 0 Å². The molecule has 0 fully saturated rings. The molecule has 0 spiro atoms. The second-order valence-electron chi connectivity index (χ2n) is 3.12. The number of halogens is 3. The molecular weight excluding hydrogens is 218 g/mol. The first-order valence-electron chi connectivity index (χ1n) is 4.38. The maximum atomic E-state index is 13.2. The van der Waals surface area contributed by atoms with E-state index >= 15 is 0 Å². The number of rotatable bonds is 1. The molecule has 2 aromatic carbocycles. The average Bonchev–Trinajstić information content (AvgIpc) is 2.26. The van der Waals surface area contributed by atoms with Crippen LogP contribution in [0.15, 0.2) is 42.5 Å². The Morgan fingerprint density at radius 1 is 0.800 bits per heavy atom. The van der Waals surface area contributed by atoms with Crippen molar-refractivity contribution < 1.29 is 8.78 Å². The zero-order chi connectivity index (χ0) is 10.8. The molecule has 15 heavy (non-hydrogen) atoms. The first-order chi connectivity index (χ1) is 7.18. The Morgan fingerprint density at radius 2 is 1.33 bits per heavy atom. The van der Waals surface area contributed by atoms with Crippen LogP contribution in [0.25, 0.3) is 11.1 Å². The minimum atomic E-state index is -0.740. The Morgan fingerprint density at radius 3 is 1.87 bits per heavy atom. The third-order valence-electron chi connectivity index (χ3n) is 2.09. The zero-order valence-corrected chi connectivity index (χ0v) is 8.43. The van der Waals surface area contributed by atoms with Crippen LogP contribution in [0.3, 0.4) is 0 Å². The fraction of sp³-hybridized carbons (Fsp3) is 0. The van der Waals surface area contributed by atoms with Crippen molar-refractivity contribution in [2.45, 2.75) is 0 Å². The second kappa shape index (κ2) is 3.99. The van der Waals surface area contributed by atoms with Gasteiger partial charge in [0.15, 0.2) is 0 Å². The molecule has 0 nitrogen and oxygen atoms in total. The summed E-state index contributed by atoms with van der Waals surface area (Å²) < 4.78 is 26.3. The van der Waals surface area contributed by atoms with Gasteiger partial charge in [0.2, 0.25) is 0 Å². The third-order valence-corrected chi connectivity index (χ3v) is 2.45. The summed E-state index contributed by atoms with van der Waals surface area (Å²) in [5, 5.41) is -0.463. The summed E-state index contributed by atoms with van der Waals surface area (Å²) in [4.78, 5) is 0. The lowest BCUT2D eigenvalue weighted by molar-refractivity contribution is 0.585. The smallest absolute Gasteiger partial charge is 0.145 e. The fourth-order valence-electron chi connectivity index (χ4n) is 1.35. The molecule has 0 N–H and O–H groups in total. The first kappa shape index (κ1) is 10.1. The predicted octanol–water partition coefficient (Wildman–Crippen LogP) is 4.29. The monoisotopic (exact) mass is 224 g/mol. The fourth-order valence-corrected chi connectivity index (χ4v) is 1.46. The zero-order valence-electron chi connectivity index (χ0n) is 7.68. The molecule has 0 unspecified atom stereocenters. The summed E-state index contributed by atoms with van der Waals surface area (Å²) in [5.74, 6) is -1.48. The number of hydrogen-bond donors (Lipinski definition) is 0. The maximum absolute atomic E-state index is 13.2. The molecule has 76 valence electrons. The molecule has 0 bridgehead atoms. The minimum absolute atomic E-state index is 0.463. The van der Waals surface area contributed by atoms with Crippen LogP contribution < -0.4 is 0 Å². The highest BCUT2D eigenvalue weighted by Crippen LogP contribution is 2.26. The second-order valence-corrected chi connectivity index (χ2v) is 3.50. The molecule has 0 saturated carbocycles. The number of hydrogen-bond acceptors (Lipinski definition) is 0. The molecule has 0 aromatic heterocycles. The van der Waals surface area contributed by atoms with Crippen LogP contribution in [0.4, 0.5) is 8.78 Å². The van der Waals surface area contributed by atoms with Crippen LogP contribution >= 0.6 is 11.6 Å². The van der Waals surface area contributed by atoms with Crippen LogP contribution in [0, 0.1) is 11.6 Å². The lowest BCUT2D eigenvalue weighted by Gasteiger charge is -2.03. The maximum Gasteiger partial charge on any atom is 0.145 e. The van der Waals surface area contributed by atoms with E-state index in [0.717, 1.165) is 5.56 Å². The molecule has 0 saturated heterocycles. The Hall–Kier alpha value is -1.41. The lowest BCUT2D eigenvalue weighted by Crippen LogP contribution is -1.86. The topological polar surface area (TPSA) is 0 Å². The third kappa shape index (κ3) is 2.00. The summed E-state index contributed by atoms with van der Waals surface area (Å²) in [5.41, 5.74) is 1.24. The predicted molar refractivity (Wildman–Crippen MR) is 56.8 cm³/mol. The summed E-state index contributed by atoms with van der Waals surface area (Å²) in [6.45, 7) is 0. The van der Waals surface area contributed by atoms with Gasteiger partial charge in [-0.15, -0.1) is 0 Å². The standard InChI is InChI=1S/C12H7ClF2/c13-12-10(14)6-9(7-11(12)15)8-4-2-1-3-5-8/h1-7H. The highest BCUT2D eigenvalue weighted by Gasteiger charge is 2.09. The van der Waals surface area contributed by atoms with Crippen LogP contribution in [-0.2, 0) is 0 Å². The van der Waals surface area contributed by atoms with Crippen molar-refractivity contribution in [3.05, 3.63) is 59.1 Å². The SMILES string of the molecule is Fc1cc(-c2ccccc2)cc(F)c1Cl. The molecule has 2 aromatic rings. The Labute approximate surface area is 91.1 Å². The summed E-state index contributed by atoms with van der Waals surface area (Å²) in [7, 11) is 0. The van der Waals surface area contributed by atoms with Gasteiger partial charge in [-0.1, -0.05) is 41.9 Å². The van der Waals surface area contributed by atoms with Gasteiger partial charge in [-0.05, 0) is 23.3 Å². The molecule has 0 aliphatic heterocycles. The Balaban J connectivity index is 2.56. The van der Waals surface area contributed by atoms with Gasteiger partial charge in [-0.3, -0.25) is 0 Å². The Bertz CT molecular complexity index is 457.